The summed E-state index contributed by atoms with van der Waals surface area (Å²) < 4.78 is 2.32. The Morgan fingerprint density at radius 2 is 1.76 bits per heavy atom. The first kappa shape index (κ1) is 15.5. The molecule has 116 valence electrons. The van der Waals surface area contributed by atoms with E-state index in [4.69, 9.17) is 11.6 Å². The number of hydrogen-bond acceptors (Lipinski definition) is 1. The van der Waals surface area contributed by atoms with Gasteiger partial charge in [-0.2, -0.15) is 0 Å². The molecule has 4 aliphatic rings. The van der Waals surface area contributed by atoms with E-state index in [1.807, 2.05) is 11.3 Å². The summed E-state index contributed by atoms with van der Waals surface area (Å²) in [5.41, 5.74) is 1.40. The maximum absolute atomic E-state index is 7.10. The SMILES string of the molecule is CC12CC3CC(C)(C1)CC(C(Cl)c1cc(Br)c(Br)s1)(C3)C2. The zero-order valence-electron chi connectivity index (χ0n) is 12.5. The maximum atomic E-state index is 7.10. The molecule has 0 spiro atoms. The molecule has 3 atom stereocenters. The van der Waals surface area contributed by atoms with Crippen molar-refractivity contribution in [2.45, 2.75) is 57.7 Å². The second kappa shape index (κ2) is 4.74. The van der Waals surface area contributed by atoms with E-state index in [9.17, 15) is 0 Å². The van der Waals surface area contributed by atoms with Gasteiger partial charge in [-0.15, -0.1) is 22.9 Å². The second-order valence-corrected chi connectivity index (χ2v) is 12.3. The molecule has 0 aliphatic heterocycles. The van der Waals surface area contributed by atoms with Gasteiger partial charge >= 0.3 is 0 Å². The first-order chi connectivity index (χ1) is 9.73. The Balaban J connectivity index is 1.73. The fourth-order valence-corrected chi connectivity index (χ4v) is 9.26. The van der Waals surface area contributed by atoms with E-state index in [2.05, 4.69) is 51.8 Å². The minimum absolute atomic E-state index is 0.173. The third-order valence-corrected chi connectivity index (χ3v) is 10.3. The normalized spacial score (nSPS) is 46.0. The van der Waals surface area contributed by atoms with Gasteiger partial charge in [-0.25, -0.2) is 0 Å². The Kier molecular flexibility index (Phi) is 3.49. The first-order valence-electron chi connectivity index (χ1n) is 7.82. The fourth-order valence-electron chi connectivity index (χ4n) is 6.61. The molecule has 0 radical (unpaired) electrons. The van der Waals surface area contributed by atoms with E-state index in [0.717, 1.165) is 10.4 Å². The Morgan fingerprint density at radius 3 is 2.24 bits per heavy atom. The molecule has 1 aromatic heterocycles. The van der Waals surface area contributed by atoms with Gasteiger partial charge in [-0.05, 0) is 98.6 Å². The van der Waals surface area contributed by atoms with Gasteiger partial charge in [0.1, 0.15) is 0 Å². The molecular weight excluding hydrogens is 432 g/mol. The van der Waals surface area contributed by atoms with Crippen LogP contribution in [0.2, 0.25) is 0 Å². The summed E-state index contributed by atoms with van der Waals surface area (Å²) >= 11 is 16.2. The van der Waals surface area contributed by atoms with Crippen LogP contribution in [0.1, 0.15) is 62.6 Å². The Morgan fingerprint density at radius 1 is 1.14 bits per heavy atom. The van der Waals surface area contributed by atoms with E-state index in [-0.39, 0.29) is 5.38 Å². The standard InChI is InChI=1S/C17H21Br2ClS/c1-15-4-10-5-16(2,7-15)9-17(6-10,8-15)13(20)12-3-11(18)14(19)21-12/h3,10,13H,4-9H2,1-2H3. The highest BCUT2D eigenvalue weighted by atomic mass is 79.9. The quantitative estimate of drug-likeness (QED) is 0.406. The summed E-state index contributed by atoms with van der Waals surface area (Å²) in [6, 6.07) is 2.23. The van der Waals surface area contributed by atoms with Crippen LogP contribution >= 0.6 is 54.8 Å². The lowest BCUT2D eigenvalue weighted by molar-refractivity contribution is -0.146. The van der Waals surface area contributed by atoms with Crippen LogP contribution in [0.5, 0.6) is 0 Å². The molecule has 0 N–H and O–H groups in total. The van der Waals surface area contributed by atoms with Crippen LogP contribution in [0, 0.1) is 22.2 Å². The lowest BCUT2D eigenvalue weighted by atomic mass is 9.39. The molecule has 0 aromatic carbocycles. The minimum atomic E-state index is 0.173. The largest absolute Gasteiger partial charge is 0.130 e. The van der Waals surface area contributed by atoms with Gasteiger partial charge in [0.2, 0.25) is 0 Å². The zero-order valence-corrected chi connectivity index (χ0v) is 17.3. The van der Waals surface area contributed by atoms with E-state index >= 15 is 0 Å². The minimum Gasteiger partial charge on any atom is -0.130 e. The van der Waals surface area contributed by atoms with Gasteiger partial charge < -0.3 is 0 Å². The van der Waals surface area contributed by atoms with Crippen LogP contribution in [0.15, 0.2) is 14.3 Å². The molecule has 5 rings (SSSR count). The van der Waals surface area contributed by atoms with E-state index in [0.29, 0.717) is 16.2 Å². The van der Waals surface area contributed by atoms with Crippen LogP contribution in [-0.2, 0) is 0 Å². The Bertz CT molecular complexity index is 558. The molecule has 4 saturated carbocycles. The van der Waals surface area contributed by atoms with Crippen molar-refractivity contribution in [1.29, 1.82) is 0 Å². The molecule has 0 nitrogen and oxygen atoms in total. The van der Waals surface area contributed by atoms with E-state index in [1.165, 1.54) is 47.2 Å². The summed E-state index contributed by atoms with van der Waals surface area (Å²) in [6.45, 7) is 5.04. The summed E-state index contributed by atoms with van der Waals surface area (Å²) in [6.07, 6.45) is 8.29. The van der Waals surface area contributed by atoms with Crippen molar-refractivity contribution in [2.24, 2.45) is 22.2 Å². The summed E-state index contributed by atoms with van der Waals surface area (Å²) in [5.74, 6) is 0.907. The summed E-state index contributed by atoms with van der Waals surface area (Å²) in [7, 11) is 0. The lowest BCUT2D eigenvalue weighted by Crippen LogP contribution is -2.56. The third kappa shape index (κ3) is 2.40. The Labute approximate surface area is 153 Å². The van der Waals surface area contributed by atoms with E-state index in [1.54, 1.807) is 0 Å². The van der Waals surface area contributed by atoms with Crippen molar-refractivity contribution >= 4 is 54.8 Å². The number of thiophene rings is 1. The van der Waals surface area contributed by atoms with Gasteiger partial charge in [0.25, 0.3) is 0 Å². The van der Waals surface area contributed by atoms with E-state index < -0.39 is 0 Å². The predicted molar refractivity (Wildman–Crippen MR) is 98.2 cm³/mol. The van der Waals surface area contributed by atoms with Crippen molar-refractivity contribution in [3.8, 4) is 0 Å². The molecule has 1 heterocycles. The highest BCUT2D eigenvalue weighted by Crippen LogP contribution is 2.73. The molecule has 3 unspecified atom stereocenters. The van der Waals surface area contributed by atoms with Crippen molar-refractivity contribution in [3.63, 3.8) is 0 Å². The molecule has 1 aromatic rings. The predicted octanol–water partition coefficient (Wildman–Crippen LogP) is 7.55. The zero-order chi connectivity index (χ0) is 15.0. The van der Waals surface area contributed by atoms with Gasteiger partial charge in [-0.1, -0.05) is 13.8 Å². The third-order valence-electron chi connectivity index (χ3n) is 6.12. The molecule has 4 fully saturated rings. The average Bonchev–Trinajstić information content (AvgIpc) is 2.64. The van der Waals surface area contributed by atoms with Gasteiger partial charge in [-0.3, -0.25) is 0 Å². The molecule has 4 bridgehead atoms. The van der Waals surface area contributed by atoms with Crippen molar-refractivity contribution in [3.05, 3.63) is 19.2 Å². The van der Waals surface area contributed by atoms with Gasteiger partial charge in [0.15, 0.2) is 0 Å². The molecule has 0 saturated heterocycles. The highest BCUT2D eigenvalue weighted by molar-refractivity contribution is 9.13. The maximum Gasteiger partial charge on any atom is 0.0843 e. The number of alkyl halides is 1. The fraction of sp³-hybridized carbons (Fsp3) is 0.765. The van der Waals surface area contributed by atoms with Crippen LogP contribution in [0.4, 0.5) is 0 Å². The smallest absolute Gasteiger partial charge is 0.0843 e. The number of halogens is 3. The van der Waals surface area contributed by atoms with Crippen LogP contribution < -0.4 is 0 Å². The molecular formula is C17H21Br2ClS. The second-order valence-electron chi connectivity index (χ2n) is 8.63. The van der Waals surface area contributed by atoms with Crippen LogP contribution in [0.3, 0.4) is 0 Å². The Hall–Kier alpha value is 0.950. The first-order valence-corrected chi connectivity index (χ1v) is 10.7. The van der Waals surface area contributed by atoms with Gasteiger partial charge in [0, 0.05) is 9.35 Å². The van der Waals surface area contributed by atoms with Crippen molar-refractivity contribution in [1.82, 2.24) is 0 Å². The molecule has 4 aliphatic carbocycles. The summed E-state index contributed by atoms with van der Waals surface area (Å²) in [4.78, 5) is 1.34. The van der Waals surface area contributed by atoms with Crippen LogP contribution in [-0.4, -0.2) is 0 Å². The van der Waals surface area contributed by atoms with Crippen LogP contribution in [0.25, 0.3) is 0 Å². The average molecular weight is 453 g/mol. The van der Waals surface area contributed by atoms with Gasteiger partial charge in [0.05, 0.1) is 9.16 Å². The summed E-state index contributed by atoms with van der Waals surface area (Å²) in [5, 5.41) is 0.173. The molecule has 4 heteroatoms. The van der Waals surface area contributed by atoms with Crippen molar-refractivity contribution < 1.29 is 0 Å². The number of hydrogen-bond donors (Lipinski definition) is 0. The lowest BCUT2D eigenvalue weighted by Gasteiger charge is -2.66. The van der Waals surface area contributed by atoms with Crippen molar-refractivity contribution in [2.75, 3.05) is 0 Å². The molecule has 21 heavy (non-hydrogen) atoms. The highest BCUT2D eigenvalue weighted by Gasteiger charge is 2.62. The topological polar surface area (TPSA) is 0 Å². The number of rotatable bonds is 2. The monoisotopic (exact) mass is 450 g/mol. The molecule has 0 amide bonds.